The normalized spacial score (nSPS) is 15.2. The number of carbonyl (C=O) groups is 1. The number of nitrogens with one attached hydrogen (secondary N) is 1. The van der Waals surface area contributed by atoms with Crippen molar-refractivity contribution in [2.75, 3.05) is 13.1 Å². The first-order valence-corrected chi connectivity index (χ1v) is 9.34. The van der Waals surface area contributed by atoms with Crippen LogP contribution in [0.3, 0.4) is 0 Å². The maximum atomic E-state index is 12.6. The van der Waals surface area contributed by atoms with E-state index in [0.29, 0.717) is 17.5 Å². The number of nitrogens with zero attached hydrogens (tertiary/aromatic N) is 2. The summed E-state index contributed by atoms with van der Waals surface area (Å²) in [5, 5.41) is 10.2. The molecule has 1 aliphatic heterocycles. The second-order valence-electron chi connectivity index (χ2n) is 6.83. The van der Waals surface area contributed by atoms with Gasteiger partial charge in [0, 0.05) is 17.5 Å². The number of halogens is 1. The molecule has 0 aliphatic carbocycles. The van der Waals surface area contributed by atoms with Gasteiger partial charge in [-0.3, -0.25) is 4.79 Å². The van der Waals surface area contributed by atoms with E-state index < -0.39 is 0 Å². The van der Waals surface area contributed by atoms with Gasteiger partial charge in [-0.25, -0.2) is 5.01 Å². The highest BCUT2D eigenvalue weighted by atomic mass is 35.5. The van der Waals surface area contributed by atoms with Crippen LogP contribution < -0.4 is 5.32 Å². The van der Waals surface area contributed by atoms with Gasteiger partial charge >= 0.3 is 0 Å². The van der Waals surface area contributed by atoms with Crippen molar-refractivity contribution in [2.45, 2.75) is 26.3 Å². The van der Waals surface area contributed by atoms with Crippen LogP contribution in [-0.4, -0.2) is 29.7 Å². The lowest BCUT2D eigenvalue weighted by Crippen LogP contribution is -2.37. The second-order valence-corrected chi connectivity index (χ2v) is 7.27. The number of carbonyl (C=O) groups excluding carboxylic acids is 1. The maximum Gasteiger partial charge on any atom is 0.256 e. The van der Waals surface area contributed by atoms with Crippen molar-refractivity contribution in [3.05, 3.63) is 70.7 Å². The molecule has 1 N–H and O–H groups in total. The van der Waals surface area contributed by atoms with Crippen LogP contribution in [0.1, 0.15) is 37.4 Å². The maximum absolute atomic E-state index is 12.6. The van der Waals surface area contributed by atoms with Crippen LogP contribution in [0.5, 0.6) is 0 Å². The predicted octanol–water partition coefficient (Wildman–Crippen LogP) is 4.26. The second kappa shape index (κ2) is 8.47. The van der Waals surface area contributed by atoms with Gasteiger partial charge in [0.05, 0.1) is 18.8 Å². The zero-order valence-electron chi connectivity index (χ0n) is 15.2. The molecule has 26 heavy (non-hydrogen) atoms. The van der Waals surface area contributed by atoms with Gasteiger partial charge in [-0.1, -0.05) is 67.9 Å². The number of hydrazone groups is 1. The van der Waals surface area contributed by atoms with E-state index in [2.05, 4.69) is 24.3 Å². The van der Waals surface area contributed by atoms with Crippen LogP contribution in [0.15, 0.2) is 59.7 Å². The monoisotopic (exact) mass is 369 g/mol. The Kier molecular flexibility index (Phi) is 6.07. The highest BCUT2D eigenvalue weighted by Crippen LogP contribution is 2.23. The van der Waals surface area contributed by atoms with Crippen molar-refractivity contribution in [3.63, 3.8) is 0 Å². The molecule has 1 atom stereocenters. The van der Waals surface area contributed by atoms with Gasteiger partial charge in [0.2, 0.25) is 0 Å². The van der Waals surface area contributed by atoms with Crippen molar-refractivity contribution in [1.82, 2.24) is 10.3 Å². The van der Waals surface area contributed by atoms with E-state index in [1.165, 1.54) is 0 Å². The fourth-order valence-electron chi connectivity index (χ4n) is 3.17. The SMILES string of the molecule is CC(C)C(NCC(=O)N1CCC(c2ccccc2)=N1)c1ccc(Cl)cc1. The van der Waals surface area contributed by atoms with Gasteiger partial charge in [0.1, 0.15) is 0 Å². The smallest absolute Gasteiger partial charge is 0.256 e. The molecule has 0 bridgehead atoms. The van der Waals surface area contributed by atoms with E-state index in [0.717, 1.165) is 23.3 Å². The zero-order chi connectivity index (χ0) is 18.5. The summed E-state index contributed by atoms with van der Waals surface area (Å²) in [7, 11) is 0. The Morgan fingerprint density at radius 1 is 1.15 bits per heavy atom. The third kappa shape index (κ3) is 4.51. The molecule has 0 aromatic heterocycles. The van der Waals surface area contributed by atoms with Gasteiger partial charge in [0.15, 0.2) is 0 Å². The summed E-state index contributed by atoms with van der Waals surface area (Å²) in [4.78, 5) is 12.6. The molecule has 0 fully saturated rings. The first-order chi connectivity index (χ1) is 12.5. The highest BCUT2D eigenvalue weighted by molar-refractivity contribution is 6.30. The van der Waals surface area contributed by atoms with Crippen LogP contribution in [0.25, 0.3) is 0 Å². The lowest BCUT2D eigenvalue weighted by Gasteiger charge is -2.23. The quantitative estimate of drug-likeness (QED) is 0.826. The van der Waals surface area contributed by atoms with E-state index in [9.17, 15) is 4.79 Å². The lowest BCUT2D eigenvalue weighted by molar-refractivity contribution is -0.129. The summed E-state index contributed by atoms with van der Waals surface area (Å²) < 4.78 is 0. The molecule has 3 rings (SSSR count). The fraction of sp³-hybridized carbons (Fsp3) is 0.333. The molecule has 4 nitrogen and oxygen atoms in total. The standard InChI is InChI=1S/C21H24ClN3O/c1-15(2)21(17-8-10-18(22)11-9-17)23-14-20(26)25-13-12-19(24-25)16-6-4-3-5-7-16/h3-11,15,21,23H,12-14H2,1-2H3. The topological polar surface area (TPSA) is 44.7 Å². The Morgan fingerprint density at radius 3 is 2.50 bits per heavy atom. The summed E-state index contributed by atoms with van der Waals surface area (Å²) in [6, 6.07) is 17.9. The Labute approximate surface area is 159 Å². The third-order valence-corrected chi connectivity index (χ3v) is 4.82. The van der Waals surface area contributed by atoms with Crippen LogP contribution in [-0.2, 0) is 4.79 Å². The number of hydrogen-bond donors (Lipinski definition) is 1. The first-order valence-electron chi connectivity index (χ1n) is 8.96. The van der Waals surface area contributed by atoms with Crippen molar-refractivity contribution in [3.8, 4) is 0 Å². The van der Waals surface area contributed by atoms with E-state index in [4.69, 9.17) is 11.6 Å². The van der Waals surface area contributed by atoms with Crippen LogP contribution in [0, 0.1) is 5.92 Å². The van der Waals surface area contributed by atoms with Crippen molar-refractivity contribution >= 4 is 23.2 Å². The molecule has 0 saturated carbocycles. The third-order valence-electron chi connectivity index (χ3n) is 4.57. The van der Waals surface area contributed by atoms with Crippen molar-refractivity contribution in [2.24, 2.45) is 11.0 Å². The molecule has 0 spiro atoms. The van der Waals surface area contributed by atoms with Gasteiger partial charge < -0.3 is 5.32 Å². The summed E-state index contributed by atoms with van der Waals surface area (Å²) in [6.07, 6.45) is 0.792. The number of hydrogen-bond acceptors (Lipinski definition) is 3. The minimum atomic E-state index is -0.00413. The summed E-state index contributed by atoms with van der Waals surface area (Å²) >= 11 is 5.98. The molecule has 0 saturated heterocycles. The van der Waals surface area contributed by atoms with Crippen LogP contribution >= 0.6 is 11.6 Å². The Bertz CT molecular complexity index is 772. The van der Waals surface area contributed by atoms with E-state index in [1.807, 2.05) is 54.6 Å². The molecular weight excluding hydrogens is 346 g/mol. The molecule has 1 heterocycles. The highest BCUT2D eigenvalue weighted by Gasteiger charge is 2.23. The summed E-state index contributed by atoms with van der Waals surface area (Å²) in [5.41, 5.74) is 3.18. The largest absolute Gasteiger partial charge is 0.301 e. The Morgan fingerprint density at radius 2 is 1.85 bits per heavy atom. The summed E-state index contributed by atoms with van der Waals surface area (Å²) in [5.74, 6) is 0.349. The molecule has 5 heteroatoms. The average molecular weight is 370 g/mol. The van der Waals surface area contributed by atoms with Gasteiger partial charge in [-0.2, -0.15) is 5.10 Å². The minimum absolute atomic E-state index is 0.00413. The molecule has 1 amide bonds. The van der Waals surface area contributed by atoms with E-state index in [1.54, 1.807) is 5.01 Å². The molecule has 2 aromatic rings. The lowest BCUT2D eigenvalue weighted by atomic mass is 9.96. The molecule has 1 unspecified atom stereocenters. The molecular formula is C21H24ClN3O. The van der Waals surface area contributed by atoms with E-state index in [-0.39, 0.29) is 18.5 Å². The van der Waals surface area contributed by atoms with Gasteiger partial charge in [-0.05, 0) is 29.2 Å². The van der Waals surface area contributed by atoms with Gasteiger partial charge in [0.25, 0.3) is 5.91 Å². The summed E-state index contributed by atoms with van der Waals surface area (Å²) in [6.45, 7) is 5.17. The zero-order valence-corrected chi connectivity index (χ0v) is 15.9. The average Bonchev–Trinajstić information content (AvgIpc) is 3.14. The van der Waals surface area contributed by atoms with Gasteiger partial charge in [-0.15, -0.1) is 0 Å². The van der Waals surface area contributed by atoms with Crippen LogP contribution in [0.2, 0.25) is 5.02 Å². The predicted molar refractivity (Wildman–Crippen MR) is 106 cm³/mol. The minimum Gasteiger partial charge on any atom is -0.301 e. The van der Waals surface area contributed by atoms with Crippen molar-refractivity contribution < 1.29 is 4.79 Å². The molecule has 0 radical (unpaired) electrons. The Hall–Kier alpha value is -2.17. The van der Waals surface area contributed by atoms with Crippen molar-refractivity contribution in [1.29, 1.82) is 0 Å². The number of benzene rings is 2. The number of rotatable bonds is 6. The molecule has 136 valence electrons. The first kappa shape index (κ1) is 18.6. The van der Waals surface area contributed by atoms with Crippen LogP contribution in [0.4, 0.5) is 0 Å². The molecule has 1 aliphatic rings. The Balaban J connectivity index is 1.62. The molecule has 2 aromatic carbocycles. The van der Waals surface area contributed by atoms with E-state index >= 15 is 0 Å². The number of amides is 1. The fourth-order valence-corrected chi connectivity index (χ4v) is 3.29.